The highest BCUT2D eigenvalue weighted by molar-refractivity contribution is 5.82. The summed E-state index contributed by atoms with van der Waals surface area (Å²) in [7, 11) is 0. The Hall–Kier alpha value is -1.05. The molecule has 0 saturated heterocycles. The molecule has 0 radical (unpaired) electrons. The van der Waals surface area contributed by atoms with E-state index in [1.54, 1.807) is 12.3 Å². The van der Waals surface area contributed by atoms with Gasteiger partial charge in [0.15, 0.2) is 0 Å². The average molecular weight is 152 g/mol. The second kappa shape index (κ2) is 3.37. The van der Waals surface area contributed by atoms with Gasteiger partial charge in [-0.15, -0.1) is 0 Å². The summed E-state index contributed by atoms with van der Waals surface area (Å²) in [5.41, 5.74) is 0. The van der Waals surface area contributed by atoms with Crippen LogP contribution in [0.5, 0.6) is 0 Å². The molecule has 0 atom stereocenters. The fourth-order valence-electron chi connectivity index (χ4n) is 0.789. The molecule has 0 fully saturated rings. The molecule has 1 aromatic rings. The van der Waals surface area contributed by atoms with E-state index in [1.165, 1.54) is 0 Å². The monoisotopic (exact) mass is 152 g/mol. The molecule has 0 aliphatic carbocycles. The quantitative estimate of drug-likeness (QED) is 0.663. The normalized spacial score (nSPS) is 10.5. The molecule has 0 N–H and O–H groups in total. The van der Waals surface area contributed by atoms with E-state index < -0.39 is 0 Å². The molecule has 0 amide bonds. The minimum absolute atomic E-state index is 0.0973. The fraction of sp³-hybridized carbons (Fsp3) is 0.444. The van der Waals surface area contributed by atoms with Gasteiger partial charge < -0.3 is 4.42 Å². The number of furan rings is 1. The van der Waals surface area contributed by atoms with Gasteiger partial charge in [0.1, 0.15) is 11.5 Å². The Kier molecular flexibility index (Phi) is 2.47. The van der Waals surface area contributed by atoms with Crippen molar-refractivity contribution in [2.45, 2.75) is 20.3 Å². The van der Waals surface area contributed by atoms with Crippen molar-refractivity contribution >= 4 is 5.78 Å². The average Bonchev–Trinajstić information content (AvgIpc) is 2.39. The fourth-order valence-corrected chi connectivity index (χ4v) is 0.789. The van der Waals surface area contributed by atoms with Crippen LogP contribution < -0.4 is 0 Å². The molecule has 0 bridgehead atoms. The van der Waals surface area contributed by atoms with E-state index in [1.807, 2.05) is 19.9 Å². The highest BCUT2D eigenvalue weighted by atomic mass is 16.3. The van der Waals surface area contributed by atoms with Gasteiger partial charge in [0.25, 0.3) is 0 Å². The second-order valence-corrected chi connectivity index (χ2v) is 2.88. The lowest BCUT2D eigenvalue weighted by Crippen LogP contribution is -2.09. The molecule has 0 saturated carbocycles. The van der Waals surface area contributed by atoms with Crippen molar-refractivity contribution in [3.8, 4) is 0 Å². The van der Waals surface area contributed by atoms with Crippen molar-refractivity contribution in [1.29, 1.82) is 0 Å². The van der Waals surface area contributed by atoms with E-state index in [0.717, 1.165) is 5.76 Å². The Bertz CT molecular complexity index is 222. The zero-order valence-corrected chi connectivity index (χ0v) is 6.83. The van der Waals surface area contributed by atoms with Gasteiger partial charge in [-0.3, -0.25) is 4.79 Å². The highest BCUT2D eigenvalue weighted by Crippen LogP contribution is 2.05. The molecule has 1 rings (SSSR count). The third kappa shape index (κ3) is 2.22. The maximum Gasteiger partial charge on any atom is 0.142 e. The lowest BCUT2D eigenvalue weighted by Gasteiger charge is -1.99. The largest absolute Gasteiger partial charge is 0.469 e. The summed E-state index contributed by atoms with van der Waals surface area (Å²) >= 11 is 0. The van der Waals surface area contributed by atoms with Crippen molar-refractivity contribution in [2.75, 3.05) is 0 Å². The molecule has 0 aromatic carbocycles. The van der Waals surface area contributed by atoms with E-state index in [4.69, 9.17) is 4.42 Å². The topological polar surface area (TPSA) is 30.2 Å². The van der Waals surface area contributed by atoms with Crippen LogP contribution in [-0.2, 0) is 11.2 Å². The third-order valence-corrected chi connectivity index (χ3v) is 1.57. The third-order valence-electron chi connectivity index (χ3n) is 1.57. The van der Waals surface area contributed by atoms with Crippen LogP contribution in [0.4, 0.5) is 0 Å². The summed E-state index contributed by atoms with van der Waals surface area (Å²) in [6.45, 7) is 3.79. The first-order chi connectivity index (χ1) is 5.20. The zero-order valence-electron chi connectivity index (χ0n) is 6.83. The van der Waals surface area contributed by atoms with Crippen LogP contribution in [0.15, 0.2) is 22.8 Å². The highest BCUT2D eigenvalue weighted by Gasteiger charge is 2.08. The molecule has 11 heavy (non-hydrogen) atoms. The Morgan fingerprint density at radius 1 is 1.64 bits per heavy atom. The van der Waals surface area contributed by atoms with Crippen molar-refractivity contribution in [3.05, 3.63) is 24.2 Å². The first-order valence-corrected chi connectivity index (χ1v) is 3.75. The second-order valence-electron chi connectivity index (χ2n) is 2.88. The summed E-state index contributed by atoms with van der Waals surface area (Å²) in [6, 6.07) is 3.61. The van der Waals surface area contributed by atoms with E-state index >= 15 is 0 Å². The molecule has 1 aromatic heterocycles. The number of carbonyl (C=O) groups excluding carboxylic acids is 1. The summed E-state index contributed by atoms with van der Waals surface area (Å²) in [6.07, 6.45) is 2.01. The van der Waals surface area contributed by atoms with Crippen molar-refractivity contribution in [2.24, 2.45) is 5.92 Å². The van der Waals surface area contributed by atoms with Crippen molar-refractivity contribution < 1.29 is 9.21 Å². The Morgan fingerprint density at radius 3 is 2.82 bits per heavy atom. The van der Waals surface area contributed by atoms with Gasteiger partial charge in [0, 0.05) is 5.92 Å². The maximum absolute atomic E-state index is 11.2. The van der Waals surface area contributed by atoms with E-state index in [-0.39, 0.29) is 11.7 Å². The number of carbonyl (C=O) groups is 1. The van der Waals surface area contributed by atoms with Gasteiger partial charge in [-0.25, -0.2) is 0 Å². The summed E-state index contributed by atoms with van der Waals surface area (Å²) in [5.74, 6) is 1.07. The molecule has 2 nitrogen and oxygen atoms in total. The van der Waals surface area contributed by atoms with E-state index in [9.17, 15) is 4.79 Å². The van der Waals surface area contributed by atoms with Gasteiger partial charge in [0.2, 0.25) is 0 Å². The van der Waals surface area contributed by atoms with Gasteiger partial charge in [0.05, 0.1) is 12.7 Å². The van der Waals surface area contributed by atoms with Gasteiger partial charge in [-0.05, 0) is 12.1 Å². The van der Waals surface area contributed by atoms with Gasteiger partial charge >= 0.3 is 0 Å². The standard InChI is InChI=1S/C9H12O2/c1-7(2)9(10)6-8-4-3-5-11-8/h3-5,7H,6H2,1-2H3. The predicted octanol–water partition coefficient (Wildman–Crippen LogP) is 2.05. The molecule has 1 heterocycles. The first kappa shape index (κ1) is 8.05. The van der Waals surface area contributed by atoms with Crippen LogP contribution in [-0.4, -0.2) is 5.78 Å². The lowest BCUT2D eigenvalue weighted by molar-refractivity contribution is -0.121. The van der Waals surface area contributed by atoms with Crippen LogP contribution in [0.2, 0.25) is 0 Å². The van der Waals surface area contributed by atoms with E-state index in [0.29, 0.717) is 6.42 Å². The van der Waals surface area contributed by atoms with Crippen molar-refractivity contribution in [1.82, 2.24) is 0 Å². The van der Waals surface area contributed by atoms with Crippen LogP contribution in [0.25, 0.3) is 0 Å². The molecule has 2 heteroatoms. The SMILES string of the molecule is CC(C)C(=O)Cc1ccco1. The van der Waals surface area contributed by atoms with Gasteiger partial charge in [-0.1, -0.05) is 13.8 Å². The van der Waals surface area contributed by atoms with E-state index in [2.05, 4.69) is 0 Å². The number of hydrogen-bond donors (Lipinski definition) is 0. The predicted molar refractivity (Wildman–Crippen MR) is 42.3 cm³/mol. The zero-order chi connectivity index (χ0) is 8.27. The minimum atomic E-state index is 0.0973. The Morgan fingerprint density at radius 2 is 2.36 bits per heavy atom. The van der Waals surface area contributed by atoms with Crippen LogP contribution in [0, 0.1) is 5.92 Å². The number of hydrogen-bond acceptors (Lipinski definition) is 2. The number of rotatable bonds is 3. The first-order valence-electron chi connectivity index (χ1n) is 3.75. The van der Waals surface area contributed by atoms with Crippen LogP contribution in [0.1, 0.15) is 19.6 Å². The smallest absolute Gasteiger partial charge is 0.142 e. The summed E-state index contributed by atoms with van der Waals surface area (Å²) in [4.78, 5) is 11.2. The molecular weight excluding hydrogens is 140 g/mol. The number of Topliss-reactive ketones (excluding diaryl/α,β-unsaturated/α-hetero) is 1. The van der Waals surface area contributed by atoms with Crippen LogP contribution in [0.3, 0.4) is 0 Å². The molecular formula is C9H12O2. The van der Waals surface area contributed by atoms with Crippen LogP contribution >= 0.6 is 0 Å². The maximum atomic E-state index is 11.2. The Balaban J connectivity index is 2.50. The molecule has 0 aliphatic heterocycles. The molecule has 0 spiro atoms. The Labute approximate surface area is 66.2 Å². The van der Waals surface area contributed by atoms with Crippen molar-refractivity contribution in [3.63, 3.8) is 0 Å². The molecule has 0 unspecified atom stereocenters. The molecule has 0 aliphatic rings. The lowest BCUT2D eigenvalue weighted by atomic mass is 10.1. The van der Waals surface area contributed by atoms with Gasteiger partial charge in [-0.2, -0.15) is 0 Å². The molecule has 60 valence electrons. The summed E-state index contributed by atoms with van der Waals surface area (Å²) < 4.78 is 5.03. The summed E-state index contributed by atoms with van der Waals surface area (Å²) in [5, 5.41) is 0. The minimum Gasteiger partial charge on any atom is -0.469 e. The number of ketones is 1.